The molecule has 0 amide bonds. The summed E-state index contributed by atoms with van der Waals surface area (Å²) in [6, 6.07) is 26.4. The highest BCUT2D eigenvalue weighted by Crippen LogP contribution is 2.37. The molecule has 32 heavy (non-hydrogen) atoms. The van der Waals surface area contributed by atoms with Gasteiger partial charge in [0.1, 0.15) is 0 Å². The lowest BCUT2D eigenvalue weighted by Crippen LogP contribution is -2.53. The van der Waals surface area contributed by atoms with Crippen LogP contribution in [0.1, 0.15) is 45.2 Å². The number of carbonyl (C=O) groups excluding carboxylic acids is 2. The van der Waals surface area contributed by atoms with Gasteiger partial charge in [-0.15, -0.1) is 0 Å². The Labute approximate surface area is 189 Å². The van der Waals surface area contributed by atoms with Crippen molar-refractivity contribution in [2.24, 2.45) is 5.41 Å². The van der Waals surface area contributed by atoms with Crippen molar-refractivity contribution >= 4 is 11.6 Å². The fraction of sp³-hybridized carbons (Fsp3) is 0.286. The van der Waals surface area contributed by atoms with Gasteiger partial charge in [0.25, 0.3) is 0 Å². The third-order valence-electron chi connectivity index (χ3n) is 6.43. The minimum Gasteiger partial charge on any atom is -0.375 e. The van der Waals surface area contributed by atoms with E-state index in [9.17, 15) is 9.59 Å². The van der Waals surface area contributed by atoms with Gasteiger partial charge in [-0.2, -0.15) is 0 Å². The number of morpholine rings is 1. The van der Waals surface area contributed by atoms with E-state index in [-0.39, 0.29) is 17.7 Å². The van der Waals surface area contributed by atoms with E-state index < -0.39 is 5.41 Å². The Balaban J connectivity index is 1.63. The summed E-state index contributed by atoms with van der Waals surface area (Å²) in [6.07, 6.45) is 1.01. The Morgan fingerprint density at radius 3 is 2.03 bits per heavy atom. The van der Waals surface area contributed by atoms with Crippen LogP contribution in [0.3, 0.4) is 0 Å². The highest BCUT2D eigenvalue weighted by atomic mass is 16.5. The maximum absolute atomic E-state index is 13.8. The van der Waals surface area contributed by atoms with Crippen molar-refractivity contribution in [2.75, 3.05) is 19.7 Å². The van der Waals surface area contributed by atoms with Crippen LogP contribution in [0.4, 0.5) is 0 Å². The molecule has 1 saturated heterocycles. The largest absolute Gasteiger partial charge is 0.375 e. The number of carbonyl (C=O) groups is 2. The van der Waals surface area contributed by atoms with Gasteiger partial charge in [-0.25, -0.2) is 0 Å². The third-order valence-corrected chi connectivity index (χ3v) is 6.43. The van der Waals surface area contributed by atoms with Crippen molar-refractivity contribution in [2.45, 2.75) is 25.9 Å². The second kappa shape index (κ2) is 10.0. The normalized spacial score (nSPS) is 18.0. The van der Waals surface area contributed by atoms with E-state index >= 15 is 0 Å². The molecule has 0 bridgehead atoms. The van der Waals surface area contributed by atoms with Gasteiger partial charge < -0.3 is 10.1 Å². The lowest BCUT2D eigenvalue weighted by atomic mass is 9.69. The van der Waals surface area contributed by atoms with Crippen LogP contribution >= 0.6 is 0 Å². The fourth-order valence-corrected chi connectivity index (χ4v) is 4.55. The molecule has 2 atom stereocenters. The molecule has 0 spiro atoms. The van der Waals surface area contributed by atoms with E-state index in [1.807, 2.05) is 84.9 Å². The molecule has 2 unspecified atom stereocenters. The maximum atomic E-state index is 13.8. The number of hydrogen-bond acceptors (Lipinski definition) is 4. The summed E-state index contributed by atoms with van der Waals surface area (Å²) in [5.41, 5.74) is 2.37. The van der Waals surface area contributed by atoms with Crippen LogP contribution in [-0.4, -0.2) is 37.4 Å². The highest BCUT2D eigenvalue weighted by Gasteiger charge is 2.45. The first-order chi connectivity index (χ1) is 15.6. The molecule has 1 aliphatic heterocycles. The van der Waals surface area contributed by atoms with Gasteiger partial charge in [0.05, 0.1) is 18.1 Å². The molecule has 1 aliphatic rings. The van der Waals surface area contributed by atoms with Crippen molar-refractivity contribution < 1.29 is 14.3 Å². The van der Waals surface area contributed by atoms with E-state index in [4.69, 9.17) is 4.74 Å². The summed E-state index contributed by atoms with van der Waals surface area (Å²) in [4.78, 5) is 26.6. The zero-order valence-corrected chi connectivity index (χ0v) is 18.4. The molecule has 0 aliphatic carbocycles. The van der Waals surface area contributed by atoms with Crippen LogP contribution in [0.2, 0.25) is 0 Å². The van der Waals surface area contributed by atoms with Crippen molar-refractivity contribution in [3.63, 3.8) is 0 Å². The topological polar surface area (TPSA) is 55.4 Å². The first-order valence-corrected chi connectivity index (χ1v) is 11.2. The third kappa shape index (κ3) is 4.57. The second-order valence-corrected chi connectivity index (χ2v) is 8.34. The van der Waals surface area contributed by atoms with Gasteiger partial charge in [0.2, 0.25) is 0 Å². The smallest absolute Gasteiger partial charge is 0.193 e. The molecule has 4 heteroatoms. The molecular weight excluding hydrogens is 398 g/mol. The van der Waals surface area contributed by atoms with Crippen LogP contribution in [0.15, 0.2) is 84.9 Å². The van der Waals surface area contributed by atoms with Crippen molar-refractivity contribution in [3.05, 3.63) is 107 Å². The average Bonchev–Trinajstić information content (AvgIpc) is 2.88. The van der Waals surface area contributed by atoms with Gasteiger partial charge >= 0.3 is 0 Å². The Morgan fingerprint density at radius 1 is 0.875 bits per heavy atom. The van der Waals surface area contributed by atoms with E-state index in [0.29, 0.717) is 42.7 Å². The number of benzene rings is 3. The lowest BCUT2D eigenvalue weighted by Gasteiger charge is -2.41. The number of Topliss-reactive ketones (excluding diaryl/α,β-unsaturated/α-hetero) is 1. The molecule has 1 N–H and O–H groups in total. The first-order valence-electron chi connectivity index (χ1n) is 11.2. The zero-order valence-electron chi connectivity index (χ0n) is 18.4. The van der Waals surface area contributed by atoms with Gasteiger partial charge in [0.15, 0.2) is 11.6 Å². The van der Waals surface area contributed by atoms with Gasteiger partial charge in [-0.1, -0.05) is 91.9 Å². The lowest BCUT2D eigenvalue weighted by molar-refractivity contribution is -0.0466. The van der Waals surface area contributed by atoms with Crippen molar-refractivity contribution in [1.29, 1.82) is 0 Å². The molecule has 164 valence electrons. The molecule has 3 aromatic carbocycles. The molecule has 3 aromatic rings. The first kappa shape index (κ1) is 22.1. The van der Waals surface area contributed by atoms with Crippen LogP contribution < -0.4 is 5.32 Å². The summed E-state index contributed by atoms with van der Waals surface area (Å²) in [7, 11) is 0. The molecule has 0 radical (unpaired) electrons. The van der Waals surface area contributed by atoms with E-state index in [2.05, 4.69) is 12.2 Å². The van der Waals surface area contributed by atoms with E-state index in [1.165, 1.54) is 0 Å². The van der Waals surface area contributed by atoms with Crippen LogP contribution in [-0.2, 0) is 11.2 Å². The molecule has 4 rings (SSSR count). The quantitative estimate of drug-likeness (QED) is 0.528. The zero-order chi connectivity index (χ0) is 22.4. The van der Waals surface area contributed by atoms with Crippen molar-refractivity contribution in [3.8, 4) is 0 Å². The average molecular weight is 428 g/mol. The van der Waals surface area contributed by atoms with Crippen LogP contribution in [0.5, 0.6) is 0 Å². The standard InChI is InChI=1S/C28H29NO3/c1-2-28(25-20-29-17-18-32-25,27(31)24-11-7-4-8-12-24)19-21-13-15-23(16-14-21)26(30)22-9-5-3-6-10-22/h3-16,25,29H,2,17-20H2,1H3. The summed E-state index contributed by atoms with van der Waals surface area (Å²) < 4.78 is 6.13. The Kier molecular flexibility index (Phi) is 6.93. The van der Waals surface area contributed by atoms with Crippen LogP contribution in [0.25, 0.3) is 0 Å². The second-order valence-electron chi connectivity index (χ2n) is 8.34. The van der Waals surface area contributed by atoms with Gasteiger partial charge in [-0.3, -0.25) is 9.59 Å². The molecule has 4 nitrogen and oxygen atoms in total. The number of hydrogen-bond donors (Lipinski definition) is 1. The maximum Gasteiger partial charge on any atom is 0.193 e. The predicted molar refractivity (Wildman–Crippen MR) is 126 cm³/mol. The number of rotatable bonds is 8. The summed E-state index contributed by atoms with van der Waals surface area (Å²) in [5.74, 6) is 0.109. The SMILES string of the molecule is CCC(Cc1ccc(C(=O)c2ccccc2)cc1)(C(=O)c1ccccc1)C1CNCCO1. The Bertz CT molecular complexity index is 1040. The predicted octanol–water partition coefficient (Wildman–Crippen LogP) is 4.73. The van der Waals surface area contributed by atoms with Crippen LogP contribution in [0, 0.1) is 5.41 Å². The summed E-state index contributed by atoms with van der Waals surface area (Å²) in [5, 5.41) is 3.39. The molecule has 0 saturated carbocycles. The molecule has 0 aromatic heterocycles. The number of ether oxygens (including phenoxy) is 1. The minimum atomic E-state index is -0.681. The number of ketones is 2. The Morgan fingerprint density at radius 2 is 1.47 bits per heavy atom. The fourth-order valence-electron chi connectivity index (χ4n) is 4.55. The molecule has 1 fully saturated rings. The highest BCUT2D eigenvalue weighted by molar-refractivity contribution is 6.09. The van der Waals surface area contributed by atoms with Gasteiger partial charge in [0, 0.05) is 29.8 Å². The molecular formula is C28H29NO3. The monoisotopic (exact) mass is 427 g/mol. The van der Waals surface area contributed by atoms with E-state index in [0.717, 1.165) is 12.1 Å². The van der Waals surface area contributed by atoms with Gasteiger partial charge in [-0.05, 0) is 18.4 Å². The van der Waals surface area contributed by atoms with E-state index in [1.54, 1.807) is 0 Å². The summed E-state index contributed by atoms with van der Waals surface area (Å²) >= 11 is 0. The number of nitrogens with one attached hydrogen (secondary N) is 1. The summed E-state index contributed by atoms with van der Waals surface area (Å²) in [6.45, 7) is 4.11. The molecule has 1 heterocycles. The minimum absolute atomic E-state index is 0.000851. The van der Waals surface area contributed by atoms with Crippen molar-refractivity contribution in [1.82, 2.24) is 5.32 Å². The Hall–Kier alpha value is -3.08.